The second-order valence-corrected chi connectivity index (χ2v) is 4.66. The first-order chi connectivity index (χ1) is 10.3. The topological polar surface area (TPSA) is 102 Å². The first-order valence-corrected chi connectivity index (χ1v) is 6.65. The minimum atomic E-state index is -1.01. The molecule has 0 unspecified atom stereocenters. The molecule has 2 amide bonds. The summed E-state index contributed by atoms with van der Waals surface area (Å²) in [6.45, 7) is 3.85. The van der Waals surface area contributed by atoms with Gasteiger partial charge < -0.3 is 15.4 Å². The molecule has 0 aromatic heterocycles. The number of carbonyl (C=O) groups is 4. The second-order valence-electron chi connectivity index (χ2n) is 4.66. The number of amides is 2. The minimum Gasteiger partial charge on any atom is -0.451 e. The molecule has 1 rings (SSSR count). The summed E-state index contributed by atoms with van der Waals surface area (Å²) in [4.78, 5) is 45.0. The molecule has 1 atom stereocenters. The predicted octanol–water partition coefficient (Wildman–Crippen LogP) is 0.895. The summed E-state index contributed by atoms with van der Waals surface area (Å²) < 4.78 is 4.88. The monoisotopic (exact) mass is 306 g/mol. The molecule has 0 aliphatic carbocycles. The largest absolute Gasteiger partial charge is 0.451 e. The summed E-state index contributed by atoms with van der Waals surface area (Å²) in [5.74, 6) is -1.64. The number of nitrogens with one attached hydrogen (secondary N) is 2. The van der Waals surface area contributed by atoms with Crippen LogP contribution >= 0.6 is 0 Å². The molecule has 0 radical (unpaired) electrons. The molecule has 118 valence electrons. The summed E-state index contributed by atoms with van der Waals surface area (Å²) in [6.07, 6.45) is -1.01. The summed E-state index contributed by atoms with van der Waals surface area (Å²) in [5, 5.41) is 4.84. The molecule has 1 aromatic rings. The van der Waals surface area contributed by atoms with Gasteiger partial charge in [-0.05, 0) is 38.1 Å². The lowest BCUT2D eigenvalue weighted by atomic mass is 10.1. The third-order valence-corrected chi connectivity index (χ3v) is 2.72. The van der Waals surface area contributed by atoms with Crippen LogP contribution in [0.4, 0.5) is 5.69 Å². The van der Waals surface area contributed by atoms with E-state index in [2.05, 4.69) is 10.6 Å². The quantitative estimate of drug-likeness (QED) is 0.600. The van der Waals surface area contributed by atoms with Gasteiger partial charge in [-0.25, -0.2) is 0 Å². The summed E-state index contributed by atoms with van der Waals surface area (Å²) >= 11 is 0. The molecule has 0 heterocycles. The van der Waals surface area contributed by atoms with Gasteiger partial charge in [-0.2, -0.15) is 0 Å². The van der Waals surface area contributed by atoms with Gasteiger partial charge in [-0.15, -0.1) is 0 Å². The number of rotatable bonds is 6. The molecular formula is C15H18N2O5. The number of ketones is 1. The fraction of sp³-hybridized carbons (Fsp3) is 0.333. The zero-order chi connectivity index (χ0) is 16.7. The standard InChI is InChI=1S/C15H18N2O5/c1-9(18)12-4-6-13(7-5-12)17-15(21)10(2)22-14(20)8-16-11(3)19/h4-7,10H,8H2,1-3H3,(H,16,19)(H,17,21)/t10-/m1/s1. The van der Waals surface area contributed by atoms with E-state index in [9.17, 15) is 19.2 Å². The van der Waals surface area contributed by atoms with E-state index in [1.807, 2.05) is 0 Å². The normalized spacial score (nSPS) is 11.2. The number of anilines is 1. The minimum absolute atomic E-state index is 0.0712. The first-order valence-electron chi connectivity index (χ1n) is 6.65. The van der Waals surface area contributed by atoms with E-state index >= 15 is 0 Å². The van der Waals surface area contributed by atoms with Gasteiger partial charge >= 0.3 is 5.97 Å². The van der Waals surface area contributed by atoms with Crippen molar-refractivity contribution in [3.63, 3.8) is 0 Å². The molecule has 1 aromatic carbocycles. The van der Waals surface area contributed by atoms with Gasteiger partial charge in [0.15, 0.2) is 11.9 Å². The summed E-state index contributed by atoms with van der Waals surface area (Å²) in [6, 6.07) is 6.35. The Balaban J connectivity index is 2.51. The maximum absolute atomic E-state index is 11.9. The van der Waals surface area contributed by atoms with E-state index in [1.165, 1.54) is 20.8 Å². The van der Waals surface area contributed by atoms with Crippen molar-refractivity contribution in [1.29, 1.82) is 0 Å². The van der Waals surface area contributed by atoms with Crippen molar-refractivity contribution in [2.24, 2.45) is 0 Å². The van der Waals surface area contributed by atoms with Crippen molar-refractivity contribution in [2.75, 3.05) is 11.9 Å². The highest BCUT2D eigenvalue weighted by Crippen LogP contribution is 2.11. The maximum Gasteiger partial charge on any atom is 0.326 e. The number of benzene rings is 1. The highest BCUT2D eigenvalue weighted by molar-refractivity contribution is 5.97. The summed E-state index contributed by atoms with van der Waals surface area (Å²) in [7, 11) is 0. The van der Waals surface area contributed by atoms with Gasteiger partial charge in [-0.3, -0.25) is 19.2 Å². The van der Waals surface area contributed by atoms with Crippen molar-refractivity contribution < 1.29 is 23.9 Å². The van der Waals surface area contributed by atoms with Crippen molar-refractivity contribution in [3.05, 3.63) is 29.8 Å². The van der Waals surface area contributed by atoms with E-state index in [1.54, 1.807) is 24.3 Å². The lowest BCUT2D eigenvalue weighted by Gasteiger charge is -2.13. The van der Waals surface area contributed by atoms with Gasteiger partial charge in [0.25, 0.3) is 5.91 Å². The van der Waals surface area contributed by atoms with Gasteiger partial charge in [0.1, 0.15) is 6.54 Å². The van der Waals surface area contributed by atoms with Gasteiger partial charge in [0.2, 0.25) is 5.91 Å². The van der Waals surface area contributed by atoms with E-state index in [4.69, 9.17) is 4.74 Å². The van der Waals surface area contributed by atoms with Crippen LogP contribution in [0.15, 0.2) is 24.3 Å². The lowest BCUT2D eigenvalue weighted by Crippen LogP contribution is -2.35. The fourth-order valence-electron chi connectivity index (χ4n) is 1.52. The highest BCUT2D eigenvalue weighted by atomic mass is 16.5. The number of carbonyl (C=O) groups excluding carboxylic acids is 4. The third kappa shape index (κ3) is 5.74. The average Bonchev–Trinajstić information content (AvgIpc) is 2.45. The number of ether oxygens (including phenoxy) is 1. The number of hydrogen-bond acceptors (Lipinski definition) is 5. The summed E-state index contributed by atoms with van der Waals surface area (Å²) in [5.41, 5.74) is 1.02. The predicted molar refractivity (Wildman–Crippen MR) is 79.3 cm³/mol. The van der Waals surface area contributed by atoms with Crippen LogP contribution in [0.1, 0.15) is 31.1 Å². The SMILES string of the molecule is CC(=O)NCC(=O)O[C@H](C)C(=O)Nc1ccc(C(C)=O)cc1. The first kappa shape index (κ1) is 17.4. The molecule has 0 fully saturated rings. The molecule has 7 heteroatoms. The molecule has 0 saturated heterocycles. The van der Waals surface area contributed by atoms with Gasteiger partial charge in [0.05, 0.1) is 0 Å². The smallest absolute Gasteiger partial charge is 0.326 e. The Labute approximate surface area is 128 Å². The Hall–Kier alpha value is -2.70. The van der Waals surface area contributed by atoms with Crippen LogP contribution in [0.25, 0.3) is 0 Å². The van der Waals surface area contributed by atoms with Gasteiger partial charge in [0, 0.05) is 18.2 Å². The lowest BCUT2D eigenvalue weighted by molar-refractivity contribution is -0.152. The van der Waals surface area contributed by atoms with Crippen LogP contribution in [-0.2, 0) is 19.1 Å². The van der Waals surface area contributed by atoms with Crippen LogP contribution in [-0.4, -0.2) is 36.2 Å². The van der Waals surface area contributed by atoms with Crippen LogP contribution in [0.5, 0.6) is 0 Å². The molecule has 0 bridgehead atoms. The molecular weight excluding hydrogens is 288 g/mol. The Morgan fingerprint density at radius 1 is 1.09 bits per heavy atom. The number of esters is 1. The molecule has 7 nitrogen and oxygen atoms in total. The molecule has 0 aliphatic rings. The molecule has 22 heavy (non-hydrogen) atoms. The van der Waals surface area contributed by atoms with Crippen molar-refractivity contribution in [2.45, 2.75) is 26.9 Å². The molecule has 0 saturated carbocycles. The maximum atomic E-state index is 11.9. The third-order valence-electron chi connectivity index (χ3n) is 2.72. The number of Topliss-reactive ketones (excluding diaryl/α,β-unsaturated/α-hetero) is 1. The zero-order valence-corrected chi connectivity index (χ0v) is 12.6. The highest BCUT2D eigenvalue weighted by Gasteiger charge is 2.18. The molecule has 2 N–H and O–H groups in total. The van der Waals surface area contributed by atoms with E-state index in [0.29, 0.717) is 11.3 Å². The van der Waals surface area contributed by atoms with E-state index < -0.39 is 18.0 Å². The van der Waals surface area contributed by atoms with Crippen molar-refractivity contribution in [1.82, 2.24) is 5.32 Å². The van der Waals surface area contributed by atoms with Crippen LogP contribution in [0.2, 0.25) is 0 Å². The van der Waals surface area contributed by atoms with Crippen LogP contribution in [0.3, 0.4) is 0 Å². The second kappa shape index (κ2) is 7.92. The average molecular weight is 306 g/mol. The van der Waals surface area contributed by atoms with E-state index in [-0.39, 0.29) is 18.2 Å². The van der Waals surface area contributed by atoms with Crippen molar-refractivity contribution >= 4 is 29.3 Å². The zero-order valence-electron chi connectivity index (χ0n) is 12.6. The number of hydrogen-bond donors (Lipinski definition) is 2. The Morgan fingerprint density at radius 3 is 2.18 bits per heavy atom. The molecule has 0 spiro atoms. The Morgan fingerprint density at radius 2 is 1.68 bits per heavy atom. The van der Waals surface area contributed by atoms with E-state index in [0.717, 1.165) is 0 Å². The van der Waals surface area contributed by atoms with Crippen LogP contribution in [0, 0.1) is 0 Å². The van der Waals surface area contributed by atoms with Crippen LogP contribution < -0.4 is 10.6 Å². The Kier molecular flexibility index (Phi) is 6.25. The Bertz CT molecular complexity index is 580. The molecule has 0 aliphatic heterocycles. The van der Waals surface area contributed by atoms with Crippen molar-refractivity contribution in [3.8, 4) is 0 Å². The van der Waals surface area contributed by atoms with Gasteiger partial charge in [-0.1, -0.05) is 0 Å². The fourth-order valence-corrected chi connectivity index (χ4v) is 1.52.